The van der Waals surface area contributed by atoms with E-state index < -0.39 is 0 Å². The van der Waals surface area contributed by atoms with Gasteiger partial charge in [0.25, 0.3) is 0 Å². The van der Waals surface area contributed by atoms with Gasteiger partial charge < -0.3 is 15.0 Å². The van der Waals surface area contributed by atoms with Crippen molar-refractivity contribution in [3.8, 4) is 0 Å². The fourth-order valence-corrected chi connectivity index (χ4v) is 1.60. The van der Waals surface area contributed by atoms with Gasteiger partial charge in [-0.15, -0.1) is 0 Å². The van der Waals surface area contributed by atoms with E-state index in [4.69, 9.17) is 4.74 Å². The molecule has 2 aliphatic rings. The highest BCUT2D eigenvalue weighted by Gasteiger charge is 2.47. The molecule has 4 nitrogen and oxygen atoms in total. The van der Waals surface area contributed by atoms with Crippen LogP contribution in [0.15, 0.2) is 0 Å². The summed E-state index contributed by atoms with van der Waals surface area (Å²) < 4.78 is 5.25. The van der Waals surface area contributed by atoms with Crippen LogP contribution in [0.4, 0.5) is 4.79 Å². The average molecular weight is 184 g/mol. The van der Waals surface area contributed by atoms with Crippen molar-refractivity contribution in [1.82, 2.24) is 10.2 Å². The molecule has 4 heteroatoms. The lowest BCUT2D eigenvalue weighted by molar-refractivity contribution is 0.0279. The van der Waals surface area contributed by atoms with Gasteiger partial charge in [0.2, 0.25) is 0 Å². The van der Waals surface area contributed by atoms with Gasteiger partial charge in [-0.3, -0.25) is 0 Å². The quantitative estimate of drug-likeness (QED) is 0.560. The van der Waals surface area contributed by atoms with Crippen LogP contribution in [0.1, 0.15) is 20.8 Å². The van der Waals surface area contributed by atoms with E-state index in [9.17, 15) is 4.79 Å². The fourth-order valence-electron chi connectivity index (χ4n) is 1.60. The number of ether oxygens (including phenoxy) is 1. The third kappa shape index (κ3) is 1.94. The molecule has 2 saturated heterocycles. The first-order valence-electron chi connectivity index (χ1n) is 4.70. The molecular formula is C9H16N2O2. The molecule has 0 aromatic heterocycles. The van der Waals surface area contributed by atoms with Gasteiger partial charge in [0.15, 0.2) is 0 Å². The minimum atomic E-state index is -0.378. The van der Waals surface area contributed by atoms with E-state index in [1.54, 1.807) is 4.90 Å². The van der Waals surface area contributed by atoms with Crippen LogP contribution >= 0.6 is 0 Å². The van der Waals surface area contributed by atoms with E-state index in [0.717, 1.165) is 13.1 Å². The van der Waals surface area contributed by atoms with Crippen LogP contribution in [0.3, 0.4) is 0 Å². The van der Waals surface area contributed by atoms with E-state index in [1.807, 2.05) is 20.8 Å². The maximum absolute atomic E-state index is 11.5. The van der Waals surface area contributed by atoms with E-state index >= 15 is 0 Å². The van der Waals surface area contributed by atoms with Crippen molar-refractivity contribution in [2.75, 3.05) is 13.1 Å². The summed E-state index contributed by atoms with van der Waals surface area (Å²) in [5.41, 5.74) is -0.378. The Morgan fingerprint density at radius 3 is 2.38 bits per heavy atom. The number of nitrogens with zero attached hydrogens (tertiary/aromatic N) is 1. The highest BCUT2D eigenvalue weighted by molar-refractivity contribution is 5.69. The first-order valence-corrected chi connectivity index (χ1v) is 4.70. The molecule has 0 aromatic carbocycles. The lowest BCUT2D eigenvalue weighted by Crippen LogP contribution is -2.38. The molecule has 0 spiro atoms. The molecule has 13 heavy (non-hydrogen) atoms. The number of nitrogens with one attached hydrogen (secondary N) is 1. The van der Waals surface area contributed by atoms with Crippen molar-refractivity contribution in [2.45, 2.75) is 38.5 Å². The average Bonchev–Trinajstić information content (AvgIpc) is 2.55. The van der Waals surface area contributed by atoms with Crippen molar-refractivity contribution >= 4 is 6.09 Å². The largest absolute Gasteiger partial charge is 0.444 e. The summed E-state index contributed by atoms with van der Waals surface area (Å²) in [6, 6.07) is 1.07. The second kappa shape index (κ2) is 2.61. The van der Waals surface area contributed by atoms with Crippen LogP contribution < -0.4 is 5.32 Å². The summed E-state index contributed by atoms with van der Waals surface area (Å²) in [6.45, 7) is 7.28. The smallest absolute Gasteiger partial charge is 0.410 e. The van der Waals surface area contributed by atoms with Crippen molar-refractivity contribution in [3.63, 3.8) is 0 Å². The van der Waals surface area contributed by atoms with Crippen molar-refractivity contribution in [1.29, 1.82) is 0 Å². The normalized spacial score (nSPS) is 31.5. The van der Waals surface area contributed by atoms with E-state index in [2.05, 4.69) is 5.32 Å². The molecule has 0 saturated carbocycles. The summed E-state index contributed by atoms with van der Waals surface area (Å²) in [5.74, 6) is 0. The summed E-state index contributed by atoms with van der Waals surface area (Å²) in [6.07, 6.45) is -0.179. The summed E-state index contributed by atoms with van der Waals surface area (Å²) in [5, 5.41) is 3.27. The third-order valence-corrected chi connectivity index (χ3v) is 2.29. The Morgan fingerprint density at radius 1 is 1.38 bits per heavy atom. The number of hydrogen-bond donors (Lipinski definition) is 1. The Hall–Kier alpha value is -0.770. The van der Waals surface area contributed by atoms with Gasteiger partial charge >= 0.3 is 6.09 Å². The molecule has 0 aliphatic carbocycles. The lowest BCUT2D eigenvalue weighted by atomic mass is 10.2. The predicted octanol–water partition coefficient (Wildman–Crippen LogP) is 0.577. The second-order valence-corrected chi connectivity index (χ2v) is 4.76. The zero-order valence-electron chi connectivity index (χ0n) is 8.33. The molecule has 0 unspecified atom stereocenters. The van der Waals surface area contributed by atoms with Gasteiger partial charge in [-0.2, -0.15) is 0 Å². The highest BCUT2D eigenvalue weighted by atomic mass is 16.6. The fraction of sp³-hybridized carbons (Fsp3) is 0.889. The van der Waals surface area contributed by atoms with Crippen LogP contribution in [-0.2, 0) is 4.74 Å². The topological polar surface area (TPSA) is 51.5 Å². The van der Waals surface area contributed by atoms with E-state index in [-0.39, 0.29) is 11.7 Å². The molecule has 1 N–H and O–H groups in total. The van der Waals surface area contributed by atoms with Crippen molar-refractivity contribution in [2.24, 2.45) is 0 Å². The molecule has 2 rings (SSSR count). The number of hydrogen-bond acceptors (Lipinski definition) is 3. The zero-order chi connectivity index (χ0) is 9.64. The minimum Gasteiger partial charge on any atom is -0.444 e. The first-order chi connectivity index (χ1) is 5.96. The number of carbonyl (C=O) groups is 1. The highest BCUT2D eigenvalue weighted by Crippen LogP contribution is 2.23. The van der Waals surface area contributed by atoms with Crippen molar-refractivity contribution < 1.29 is 9.53 Å². The Labute approximate surface area is 78.2 Å². The van der Waals surface area contributed by atoms with Gasteiger partial charge in [0, 0.05) is 25.2 Å². The van der Waals surface area contributed by atoms with Gasteiger partial charge in [-0.05, 0) is 20.8 Å². The summed E-state index contributed by atoms with van der Waals surface area (Å²) >= 11 is 0. The summed E-state index contributed by atoms with van der Waals surface area (Å²) in [7, 11) is 0. The zero-order valence-corrected chi connectivity index (χ0v) is 8.33. The van der Waals surface area contributed by atoms with Crippen LogP contribution in [0.2, 0.25) is 0 Å². The Kier molecular flexibility index (Phi) is 1.77. The minimum absolute atomic E-state index is 0.179. The number of rotatable bonds is 0. The predicted molar refractivity (Wildman–Crippen MR) is 48.5 cm³/mol. The molecule has 2 atom stereocenters. The molecule has 0 aromatic rings. The molecule has 1 amide bonds. The van der Waals surface area contributed by atoms with Gasteiger partial charge in [0.05, 0.1) is 0 Å². The molecule has 2 fully saturated rings. The maximum Gasteiger partial charge on any atom is 0.410 e. The van der Waals surface area contributed by atoms with Gasteiger partial charge in [-0.25, -0.2) is 4.79 Å². The Bertz CT molecular complexity index is 224. The van der Waals surface area contributed by atoms with E-state index in [1.165, 1.54) is 0 Å². The summed E-state index contributed by atoms with van der Waals surface area (Å²) in [4.78, 5) is 13.3. The third-order valence-electron chi connectivity index (χ3n) is 2.29. The second-order valence-electron chi connectivity index (χ2n) is 4.76. The molecule has 0 radical (unpaired) electrons. The first kappa shape index (κ1) is 8.81. The van der Waals surface area contributed by atoms with Crippen LogP contribution in [0.25, 0.3) is 0 Å². The Balaban J connectivity index is 1.84. The molecule has 2 aliphatic heterocycles. The van der Waals surface area contributed by atoms with E-state index in [0.29, 0.717) is 12.1 Å². The molecular weight excluding hydrogens is 168 g/mol. The van der Waals surface area contributed by atoms with Crippen LogP contribution in [-0.4, -0.2) is 41.8 Å². The molecule has 2 heterocycles. The Morgan fingerprint density at radius 2 is 1.92 bits per heavy atom. The molecule has 74 valence electrons. The van der Waals surface area contributed by atoms with Gasteiger partial charge in [0.1, 0.15) is 5.60 Å². The number of piperazine rings is 1. The SMILES string of the molecule is CC(C)(C)OC(=O)N1C[C@@H]2N[C@@H]2C1. The standard InChI is InChI=1S/C9H16N2O2/c1-9(2,3)13-8(12)11-4-6-7(5-11)10-6/h6-7,10H,4-5H2,1-3H3/t6-,7+. The molecule has 0 bridgehead atoms. The van der Waals surface area contributed by atoms with Crippen molar-refractivity contribution in [3.05, 3.63) is 0 Å². The van der Waals surface area contributed by atoms with Gasteiger partial charge in [-0.1, -0.05) is 0 Å². The number of carbonyl (C=O) groups excluding carboxylic acids is 1. The number of likely N-dealkylation sites (tertiary alicyclic amines) is 1. The van der Waals surface area contributed by atoms with Crippen LogP contribution in [0, 0.1) is 0 Å². The maximum atomic E-state index is 11.5. The van der Waals surface area contributed by atoms with Crippen LogP contribution in [0.5, 0.6) is 0 Å². The number of amides is 1. The number of fused-ring (bicyclic) bond motifs is 1. The lowest BCUT2D eigenvalue weighted by Gasteiger charge is -2.25. The monoisotopic (exact) mass is 184 g/mol.